The zero-order valence-electron chi connectivity index (χ0n) is 36.4. The fourth-order valence-electron chi connectivity index (χ4n) is 8.38. The van der Waals surface area contributed by atoms with Crippen LogP contribution in [0.5, 0.6) is 69.0 Å². The van der Waals surface area contributed by atoms with E-state index < -0.39 is 58.5 Å². The first-order chi connectivity index (χ1) is 28.2. The molecule has 3 aromatic rings. The SMILES string of the molecule is COC(=O)c1c2c(c(C(c3c4c(c(C(=O)OC)c5c3OC(C)(C)O5)OC(C)(C)O4)c3c4c(c(C(=O)OC)c5c3OC(C)(C)O5)OC(C)(C)O4)c3c1OC(C)(C)O3)OC(C)(C)O2. The van der Waals surface area contributed by atoms with E-state index in [0.29, 0.717) is 0 Å². The van der Waals surface area contributed by atoms with Crippen molar-refractivity contribution in [2.45, 2.75) is 124 Å². The molecule has 0 unspecified atom stereocenters. The lowest BCUT2D eigenvalue weighted by molar-refractivity contribution is -0.0497. The smallest absolute Gasteiger partial charge is 0.345 e. The molecule has 61 heavy (non-hydrogen) atoms. The molecular weight excluding hydrogens is 804 g/mol. The second-order valence-corrected chi connectivity index (χ2v) is 17.8. The van der Waals surface area contributed by atoms with Gasteiger partial charge in [-0.05, 0) is 0 Å². The third kappa shape index (κ3) is 5.91. The van der Waals surface area contributed by atoms with Crippen molar-refractivity contribution in [1.82, 2.24) is 0 Å². The molecule has 18 heteroatoms. The number of hydrogen-bond donors (Lipinski definition) is 0. The highest BCUT2D eigenvalue weighted by atomic mass is 16.8. The van der Waals surface area contributed by atoms with Crippen molar-refractivity contribution in [3.05, 3.63) is 33.4 Å². The highest BCUT2D eigenvalue weighted by Crippen LogP contribution is 2.70. The van der Waals surface area contributed by atoms with Crippen LogP contribution in [0.25, 0.3) is 0 Å². The molecule has 0 saturated carbocycles. The van der Waals surface area contributed by atoms with Crippen LogP contribution in [0.15, 0.2) is 0 Å². The van der Waals surface area contributed by atoms with Crippen LogP contribution in [-0.4, -0.2) is 74.0 Å². The van der Waals surface area contributed by atoms with Crippen LogP contribution in [0, 0.1) is 0 Å². The molecule has 0 atom stereocenters. The third-order valence-electron chi connectivity index (χ3n) is 10.3. The molecule has 6 aliphatic heterocycles. The van der Waals surface area contributed by atoms with Gasteiger partial charge in [-0.2, -0.15) is 0 Å². The molecule has 0 N–H and O–H groups in total. The molecule has 0 amide bonds. The highest BCUT2D eigenvalue weighted by Gasteiger charge is 2.57. The fraction of sp³-hybridized carbons (Fsp3) is 0.512. The van der Waals surface area contributed by atoms with E-state index >= 15 is 0 Å². The maximum atomic E-state index is 13.8. The topological polar surface area (TPSA) is 190 Å². The summed E-state index contributed by atoms with van der Waals surface area (Å²) >= 11 is 0. The van der Waals surface area contributed by atoms with Crippen LogP contribution in [0.3, 0.4) is 0 Å². The van der Waals surface area contributed by atoms with Crippen LogP contribution in [0.4, 0.5) is 0 Å². The molecule has 0 spiro atoms. The van der Waals surface area contributed by atoms with Gasteiger partial charge >= 0.3 is 17.9 Å². The van der Waals surface area contributed by atoms with Crippen molar-refractivity contribution < 1.29 is 85.4 Å². The standard InChI is InChI=1S/C43H46O18/c1-38(2)50-23-17(24-30(57-39(3,4)51-24)20(29(23)56-38)35(44)47-13)16(18-25-31(58-40(5,6)52-25)21(36(45)48-14)32-26(18)53-41(7,8)59-32)19-27-33(60-42(9,10)54-27)22(37(46)49-15)34-28(19)55-43(11,12)61-34/h16H,1-15H3. The Kier molecular flexibility index (Phi) is 7.99. The van der Waals surface area contributed by atoms with Crippen molar-refractivity contribution in [3.63, 3.8) is 0 Å². The zero-order chi connectivity index (χ0) is 44.3. The molecule has 0 radical (unpaired) electrons. The zero-order valence-corrected chi connectivity index (χ0v) is 36.4. The van der Waals surface area contributed by atoms with Gasteiger partial charge in [0.15, 0.2) is 85.7 Å². The van der Waals surface area contributed by atoms with E-state index in [1.54, 1.807) is 83.1 Å². The van der Waals surface area contributed by atoms with Crippen molar-refractivity contribution in [1.29, 1.82) is 0 Å². The monoisotopic (exact) mass is 850 g/mol. The predicted molar refractivity (Wildman–Crippen MR) is 206 cm³/mol. The molecule has 0 aliphatic carbocycles. The van der Waals surface area contributed by atoms with Crippen LogP contribution in [0.2, 0.25) is 0 Å². The Morgan fingerprint density at radius 1 is 0.311 bits per heavy atom. The molecule has 3 aromatic carbocycles. The number of fused-ring (bicyclic) bond motifs is 6. The van der Waals surface area contributed by atoms with Gasteiger partial charge in [-0.3, -0.25) is 0 Å². The molecule has 0 saturated heterocycles. The number of carbonyl (C=O) groups excluding carboxylic acids is 3. The summed E-state index contributed by atoms with van der Waals surface area (Å²) in [5.41, 5.74) is 0.179. The summed E-state index contributed by atoms with van der Waals surface area (Å²) in [5, 5.41) is 0. The maximum Gasteiger partial charge on any atom is 0.345 e. The third-order valence-corrected chi connectivity index (χ3v) is 10.3. The van der Waals surface area contributed by atoms with Crippen LogP contribution in [-0.2, 0) is 14.2 Å². The Balaban J connectivity index is 1.53. The van der Waals surface area contributed by atoms with E-state index in [2.05, 4.69) is 0 Å². The van der Waals surface area contributed by atoms with Gasteiger partial charge in [0.05, 0.1) is 43.9 Å². The van der Waals surface area contributed by atoms with Gasteiger partial charge in [0.1, 0.15) is 0 Å². The lowest BCUT2D eigenvalue weighted by atomic mass is 9.79. The van der Waals surface area contributed by atoms with Crippen molar-refractivity contribution in [2.75, 3.05) is 21.3 Å². The molecule has 9 rings (SSSR count). The molecule has 326 valence electrons. The van der Waals surface area contributed by atoms with E-state index in [9.17, 15) is 14.4 Å². The van der Waals surface area contributed by atoms with Gasteiger partial charge in [0, 0.05) is 83.1 Å². The van der Waals surface area contributed by atoms with Crippen molar-refractivity contribution in [3.8, 4) is 69.0 Å². The molecule has 6 aliphatic rings. The second-order valence-electron chi connectivity index (χ2n) is 17.8. The molecular formula is C43H46O18. The Labute approximate surface area is 350 Å². The summed E-state index contributed by atoms with van der Waals surface area (Å²) in [7, 11) is 3.67. The van der Waals surface area contributed by atoms with Gasteiger partial charge in [-0.1, -0.05) is 0 Å². The number of methoxy groups -OCH3 is 3. The van der Waals surface area contributed by atoms with E-state index in [0.717, 1.165) is 0 Å². The van der Waals surface area contributed by atoms with Gasteiger partial charge in [-0.15, -0.1) is 0 Å². The number of carbonyl (C=O) groups is 3. The minimum absolute atomic E-state index is 0.0160. The first kappa shape index (κ1) is 40.1. The predicted octanol–water partition coefficient (Wildman–Crippen LogP) is 7.27. The minimum Gasteiger partial charge on any atom is -0.465 e. The molecule has 0 fully saturated rings. The second kappa shape index (κ2) is 12.2. The summed E-state index contributed by atoms with van der Waals surface area (Å²) in [5.74, 6) is -12.3. The summed E-state index contributed by atoms with van der Waals surface area (Å²) in [4.78, 5) is 41.4. The van der Waals surface area contributed by atoms with Gasteiger partial charge in [0.2, 0.25) is 34.7 Å². The van der Waals surface area contributed by atoms with E-state index in [-0.39, 0.29) is 102 Å². The number of esters is 3. The van der Waals surface area contributed by atoms with E-state index in [1.165, 1.54) is 21.3 Å². The Morgan fingerprint density at radius 2 is 0.459 bits per heavy atom. The average Bonchev–Trinajstić information content (AvgIpc) is 3.95. The summed E-state index contributed by atoms with van der Waals surface area (Å²) < 4.78 is 94.5. The van der Waals surface area contributed by atoms with Crippen LogP contribution >= 0.6 is 0 Å². The Bertz CT molecular complexity index is 2110. The van der Waals surface area contributed by atoms with E-state index in [1.807, 2.05) is 0 Å². The van der Waals surface area contributed by atoms with Crippen molar-refractivity contribution in [2.24, 2.45) is 0 Å². The summed E-state index contributed by atoms with van der Waals surface area (Å²) in [6, 6.07) is 0. The molecule has 18 nitrogen and oxygen atoms in total. The van der Waals surface area contributed by atoms with Gasteiger partial charge in [-0.25, -0.2) is 14.4 Å². The van der Waals surface area contributed by atoms with Gasteiger partial charge in [0.25, 0.3) is 0 Å². The number of ether oxygens (including phenoxy) is 15. The first-order valence-corrected chi connectivity index (χ1v) is 19.5. The summed E-state index contributed by atoms with van der Waals surface area (Å²) in [6.45, 7) is 19.9. The number of benzene rings is 3. The number of rotatable bonds is 6. The van der Waals surface area contributed by atoms with Crippen molar-refractivity contribution >= 4 is 17.9 Å². The average molecular weight is 851 g/mol. The van der Waals surface area contributed by atoms with Crippen LogP contribution in [0.1, 0.15) is 137 Å². The molecule has 0 aromatic heterocycles. The fourth-order valence-corrected chi connectivity index (χ4v) is 8.38. The van der Waals surface area contributed by atoms with Crippen LogP contribution < -0.4 is 56.8 Å². The van der Waals surface area contributed by atoms with E-state index in [4.69, 9.17) is 71.1 Å². The van der Waals surface area contributed by atoms with Gasteiger partial charge < -0.3 is 71.1 Å². The maximum absolute atomic E-state index is 13.8. The Hall–Kier alpha value is -6.33. The normalized spacial score (nSPS) is 20.5. The lowest BCUT2D eigenvalue weighted by Crippen LogP contribution is -2.32. The largest absolute Gasteiger partial charge is 0.465 e. The Morgan fingerprint density at radius 3 is 0.607 bits per heavy atom. The highest BCUT2D eigenvalue weighted by molar-refractivity contribution is 6.03. The number of hydrogen-bond acceptors (Lipinski definition) is 18. The summed E-state index contributed by atoms with van der Waals surface area (Å²) in [6.07, 6.45) is 0. The molecule has 0 bridgehead atoms. The lowest BCUT2D eigenvalue weighted by Gasteiger charge is -2.28. The molecule has 6 heterocycles. The quantitative estimate of drug-likeness (QED) is 0.137. The first-order valence-electron chi connectivity index (χ1n) is 19.5. The minimum atomic E-state index is -1.39.